The molecule has 2 N–H and O–H groups in total. The van der Waals surface area contributed by atoms with Crippen molar-refractivity contribution in [1.29, 1.82) is 0 Å². The van der Waals surface area contributed by atoms with E-state index in [9.17, 15) is 17.6 Å². The lowest BCUT2D eigenvalue weighted by atomic mass is 9.98. The van der Waals surface area contributed by atoms with Crippen molar-refractivity contribution in [1.82, 2.24) is 14.9 Å². The average molecular weight is 434 g/mol. The lowest BCUT2D eigenvalue weighted by molar-refractivity contribution is 0.0922. The lowest BCUT2D eigenvalue weighted by Crippen LogP contribution is -2.45. The Labute approximate surface area is 177 Å². The fourth-order valence-corrected chi connectivity index (χ4v) is 4.85. The Bertz CT molecular complexity index is 1010. The number of amides is 1. The first-order valence-electron chi connectivity index (χ1n) is 10.2. The van der Waals surface area contributed by atoms with E-state index < -0.39 is 21.7 Å². The molecule has 1 atom stereocenters. The third-order valence-electron chi connectivity index (χ3n) is 5.47. The number of fused-ring (bicyclic) bond motifs is 1. The molecule has 1 unspecified atom stereocenters. The van der Waals surface area contributed by atoms with Crippen molar-refractivity contribution in [2.24, 2.45) is 0 Å². The van der Waals surface area contributed by atoms with E-state index in [0.717, 1.165) is 44.1 Å². The zero-order chi connectivity index (χ0) is 21.7. The van der Waals surface area contributed by atoms with Gasteiger partial charge in [-0.15, -0.1) is 0 Å². The van der Waals surface area contributed by atoms with Gasteiger partial charge in [0.15, 0.2) is 0 Å². The highest BCUT2D eigenvalue weighted by atomic mass is 32.2. The molecule has 0 radical (unpaired) electrons. The first-order valence-corrected chi connectivity index (χ1v) is 11.7. The fourth-order valence-electron chi connectivity index (χ4n) is 3.79. The topological polar surface area (TPSA) is 78.5 Å². The summed E-state index contributed by atoms with van der Waals surface area (Å²) in [6.45, 7) is 5.99. The molecule has 0 saturated heterocycles. The van der Waals surface area contributed by atoms with E-state index in [1.165, 1.54) is 11.1 Å². The first-order chi connectivity index (χ1) is 14.4. The third kappa shape index (κ3) is 5.06. The zero-order valence-corrected chi connectivity index (χ0v) is 18.1. The predicted molar refractivity (Wildman–Crippen MR) is 114 cm³/mol. The minimum Gasteiger partial charge on any atom is -0.350 e. The van der Waals surface area contributed by atoms with Crippen LogP contribution in [0.4, 0.5) is 4.39 Å². The van der Waals surface area contributed by atoms with E-state index >= 15 is 0 Å². The summed E-state index contributed by atoms with van der Waals surface area (Å²) in [6.07, 6.45) is 1.79. The summed E-state index contributed by atoms with van der Waals surface area (Å²) in [6, 6.07) is 11.7. The summed E-state index contributed by atoms with van der Waals surface area (Å²) in [5.74, 6) is -1.36. The molecule has 2 aromatic carbocycles. The summed E-state index contributed by atoms with van der Waals surface area (Å²) in [5, 5.41) is 2.79. The van der Waals surface area contributed by atoms with Crippen molar-refractivity contribution in [2.45, 2.75) is 44.2 Å². The molecule has 1 aliphatic heterocycles. The first kappa shape index (κ1) is 22.4. The molecule has 1 aliphatic rings. The summed E-state index contributed by atoms with van der Waals surface area (Å²) in [5.41, 5.74) is 2.38. The maximum atomic E-state index is 14.2. The van der Waals surface area contributed by atoms with Gasteiger partial charge in [0.25, 0.3) is 5.91 Å². The second-order valence-electron chi connectivity index (χ2n) is 7.40. The van der Waals surface area contributed by atoms with E-state index in [2.05, 4.69) is 34.0 Å². The molecule has 162 valence electrons. The van der Waals surface area contributed by atoms with E-state index in [0.29, 0.717) is 6.54 Å². The van der Waals surface area contributed by atoms with Gasteiger partial charge in [0.1, 0.15) is 5.82 Å². The Morgan fingerprint density at radius 1 is 1.17 bits per heavy atom. The average Bonchev–Trinajstić information content (AvgIpc) is 2.74. The van der Waals surface area contributed by atoms with Gasteiger partial charge in [-0.05, 0) is 42.2 Å². The van der Waals surface area contributed by atoms with Crippen LogP contribution in [0.5, 0.6) is 0 Å². The Morgan fingerprint density at radius 2 is 1.90 bits per heavy atom. The van der Waals surface area contributed by atoms with Gasteiger partial charge in [-0.25, -0.2) is 17.5 Å². The van der Waals surface area contributed by atoms with Crippen LogP contribution in [0.1, 0.15) is 41.8 Å². The van der Waals surface area contributed by atoms with Crippen molar-refractivity contribution in [3.8, 4) is 0 Å². The van der Waals surface area contributed by atoms with Crippen molar-refractivity contribution in [2.75, 3.05) is 19.6 Å². The van der Waals surface area contributed by atoms with Gasteiger partial charge in [0.2, 0.25) is 10.0 Å². The molecule has 0 fully saturated rings. The number of halogens is 1. The molecule has 30 heavy (non-hydrogen) atoms. The molecule has 0 aliphatic carbocycles. The second kappa shape index (κ2) is 9.68. The molecule has 2 aromatic rings. The summed E-state index contributed by atoms with van der Waals surface area (Å²) < 4.78 is 40.9. The Balaban J connectivity index is 1.69. The predicted octanol–water partition coefficient (Wildman–Crippen LogP) is 2.69. The van der Waals surface area contributed by atoms with E-state index in [1.807, 2.05) is 12.1 Å². The Hall–Kier alpha value is -2.29. The lowest BCUT2D eigenvalue weighted by Gasteiger charge is -2.35. The quantitative estimate of drug-likeness (QED) is 0.671. The zero-order valence-electron chi connectivity index (χ0n) is 17.3. The van der Waals surface area contributed by atoms with Gasteiger partial charge >= 0.3 is 0 Å². The molecule has 3 rings (SSSR count). The SMILES string of the molecule is CCNS(=O)(=O)c1ccc(F)c(C(=O)NCC(CC)N2CCc3ccccc3C2)c1. The minimum atomic E-state index is -3.77. The fraction of sp³-hybridized carbons (Fsp3) is 0.409. The van der Waals surface area contributed by atoms with Crippen LogP contribution < -0.4 is 10.0 Å². The highest BCUT2D eigenvalue weighted by Crippen LogP contribution is 2.21. The molecule has 0 spiro atoms. The summed E-state index contributed by atoms with van der Waals surface area (Å²) in [4.78, 5) is 14.8. The molecular formula is C22H28FN3O3S. The van der Waals surface area contributed by atoms with Crippen LogP contribution in [-0.2, 0) is 23.0 Å². The van der Waals surface area contributed by atoms with Crippen LogP contribution >= 0.6 is 0 Å². The second-order valence-corrected chi connectivity index (χ2v) is 9.17. The number of benzene rings is 2. The van der Waals surface area contributed by atoms with Crippen LogP contribution in [0.25, 0.3) is 0 Å². The van der Waals surface area contributed by atoms with E-state index in [1.54, 1.807) is 6.92 Å². The van der Waals surface area contributed by atoms with E-state index in [4.69, 9.17) is 0 Å². The highest BCUT2D eigenvalue weighted by molar-refractivity contribution is 7.89. The number of nitrogens with zero attached hydrogens (tertiary/aromatic N) is 1. The smallest absolute Gasteiger partial charge is 0.254 e. The van der Waals surface area contributed by atoms with Gasteiger partial charge in [0.05, 0.1) is 10.5 Å². The van der Waals surface area contributed by atoms with Crippen molar-refractivity contribution >= 4 is 15.9 Å². The van der Waals surface area contributed by atoms with Crippen LogP contribution in [0.2, 0.25) is 0 Å². The highest BCUT2D eigenvalue weighted by Gasteiger charge is 2.24. The maximum absolute atomic E-state index is 14.2. The number of nitrogens with one attached hydrogen (secondary N) is 2. The van der Waals surface area contributed by atoms with Gasteiger partial charge in [-0.2, -0.15) is 0 Å². The standard InChI is InChI=1S/C22H28FN3O3S/c1-3-18(26-12-11-16-7-5-6-8-17(16)15-26)14-24-22(27)20-13-19(9-10-21(20)23)30(28,29)25-4-2/h5-10,13,18,25H,3-4,11-12,14-15H2,1-2H3,(H,24,27). The number of carbonyl (C=O) groups excluding carboxylic acids is 1. The molecule has 8 heteroatoms. The summed E-state index contributed by atoms with van der Waals surface area (Å²) >= 11 is 0. The van der Waals surface area contributed by atoms with Gasteiger partial charge < -0.3 is 5.32 Å². The molecule has 1 amide bonds. The van der Waals surface area contributed by atoms with Crippen LogP contribution in [0, 0.1) is 5.82 Å². The van der Waals surface area contributed by atoms with Crippen molar-refractivity contribution < 1.29 is 17.6 Å². The summed E-state index contributed by atoms with van der Waals surface area (Å²) in [7, 11) is -3.77. The maximum Gasteiger partial charge on any atom is 0.254 e. The molecule has 0 aromatic heterocycles. The minimum absolute atomic E-state index is 0.110. The number of carbonyl (C=O) groups is 1. The number of hydrogen-bond acceptors (Lipinski definition) is 4. The van der Waals surface area contributed by atoms with Gasteiger partial charge in [-0.3, -0.25) is 9.69 Å². The van der Waals surface area contributed by atoms with Gasteiger partial charge in [-0.1, -0.05) is 38.1 Å². The molecular weight excluding hydrogens is 405 g/mol. The number of sulfonamides is 1. The molecule has 0 saturated carbocycles. The van der Waals surface area contributed by atoms with Crippen LogP contribution in [0.15, 0.2) is 47.4 Å². The van der Waals surface area contributed by atoms with Gasteiger partial charge in [0, 0.05) is 32.2 Å². The Morgan fingerprint density at radius 3 is 2.60 bits per heavy atom. The van der Waals surface area contributed by atoms with Crippen LogP contribution in [0.3, 0.4) is 0 Å². The number of rotatable bonds is 8. The molecule has 6 nitrogen and oxygen atoms in total. The molecule has 0 bridgehead atoms. The largest absolute Gasteiger partial charge is 0.350 e. The Kier molecular flexibility index (Phi) is 7.23. The normalized spacial score (nSPS) is 15.4. The monoisotopic (exact) mass is 433 g/mol. The number of hydrogen-bond donors (Lipinski definition) is 2. The van der Waals surface area contributed by atoms with E-state index in [-0.39, 0.29) is 23.0 Å². The van der Waals surface area contributed by atoms with Crippen molar-refractivity contribution in [3.05, 3.63) is 65.0 Å². The van der Waals surface area contributed by atoms with Crippen LogP contribution in [-0.4, -0.2) is 44.9 Å². The third-order valence-corrected chi connectivity index (χ3v) is 7.02. The van der Waals surface area contributed by atoms with Crippen molar-refractivity contribution in [3.63, 3.8) is 0 Å². The molecule has 1 heterocycles.